The number of urea groups is 1. The first-order valence-electron chi connectivity index (χ1n) is 8.09. The van der Waals surface area contributed by atoms with E-state index in [2.05, 4.69) is 17.2 Å². The van der Waals surface area contributed by atoms with Crippen molar-refractivity contribution in [2.24, 2.45) is 5.73 Å². The fraction of sp³-hybridized carbons (Fsp3) is 0.100. The van der Waals surface area contributed by atoms with E-state index < -0.39 is 6.03 Å². The van der Waals surface area contributed by atoms with Gasteiger partial charge in [-0.15, -0.1) is 0 Å². The maximum Gasteiger partial charge on any atom is 0.316 e. The summed E-state index contributed by atoms with van der Waals surface area (Å²) in [5, 5.41) is 5.17. The number of ether oxygens (including phenoxy) is 2. The standard InChI is InChI=1S/C20H21N3O4/c1-3-12-27-17-10-4-14(13-18(17)26-2)5-11-19(24)22-15-6-8-16(9-7-15)23-20(21)25/h3-11,13H,1,12H2,2H3,(H,22,24)(H3,21,23,25)/b11-5+. The average molecular weight is 367 g/mol. The number of nitrogens with one attached hydrogen (secondary N) is 2. The molecule has 0 bridgehead atoms. The zero-order valence-corrected chi connectivity index (χ0v) is 14.9. The van der Waals surface area contributed by atoms with Crippen LogP contribution in [-0.2, 0) is 4.79 Å². The first-order chi connectivity index (χ1) is 13.0. The van der Waals surface area contributed by atoms with Gasteiger partial charge in [-0.05, 0) is 48.0 Å². The van der Waals surface area contributed by atoms with E-state index in [1.54, 1.807) is 55.7 Å². The van der Waals surface area contributed by atoms with Crippen molar-refractivity contribution in [3.63, 3.8) is 0 Å². The largest absolute Gasteiger partial charge is 0.493 e. The van der Waals surface area contributed by atoms with Crippen LogP contribution in [0.3, 0.4) is 0 Å². The van der Waals surface area contributed by atoms with Crippen LogP contribution in [0.1, 0.15) is 5.56 Å². The minimum atomic E-state index is -0.647. The third-order valence-electron chi connectivity index (χ3n) is 3.39. The van der Waals surface area contributed by atoms with Gasteiger partial charge in [-0.1, -0.05) is 18.7 Å². The molecule has 0 heterocycles. The molecule has 0 aliphatic rings. The van der Waals surface area contributed by atoms with Crippen molar-refractivity contribution in [3.05, 3.63) is 66.8 Å². The van der Waals surface area contributed by atoms with E-state index in [9.17, 15) is 9.59 Å². The second-order valence-corrected chi connectivity index (χ2v) is 5.40. The van der Waals surface area contributed by atoms with Crippen molar-refractivity contribution in [2.75, 3.05) is 24.4 Å². The molecule has 3 amide bonds. The molecule has 0 saturated carbocycles. The molecular weight excluding hydrogens is 346 g/mol. The van der Waals surface area contributed by atoms with Crippen LogP contribution in [0.25, 0.3) is 6.08 Å². The maximum absolute atomic E-state index is 12.1. The predicted octanol–water partition coefficient (Wildman–Crippen LogP) is 3.40. The molecule has 0 aliphatic heterocycles. The Bertz CT molecular complexity index is 845. The first-order valence-corrected chi connectivity index (χ1v) is 8.09. The Hall–Kier alpha value is -3.74. The summed E-state index contributed by atoms with van der Waals surface area (Å²) in [7, 11) is 1.55. The highest BCUT2D eigenvalue weighted by molar-refractivity contribution is 6.02. The molecule has 0 atom stereocenters. The number of hydrogen-bond acceptors (Lipinski definition) is 4. The van der Waals surface area contributed by atoms with Gasteiger partial charge in [0.05, 0.1) is 7.11 Å². The molecule has 7 nitrogen and oxygen atoms in total. The molecule has 4 N–H and O–H groups in total. The van der Waals surface area contributed by atoms with Crippen LogP contribution in [0.4, 0.5) is 16.2 Å². The molecule has 27 heavy (non-hydrogen) atoms. The highest BCUT2D eigenvalue weighted by Gasteiger charge is 2.05. The van der Waals surface area contributed by atoms with Gasteiger partial charge in [0, 0.05) is 17.5 Å². The Balaban J connectivity index is 1.99. The minimum absolute atomic E-state index is 0.295. The van der Waals surface area contributed by atoms with Gasteiger partial charge >= 0.3 is 6.03 Å². The van der Waals surface area contributed by atoms with Crippen LogP contribution >= 0.6 is 0 Å². The molecule has 0 unspecified atom stereocenters. The summed E-state index contributed by atoms with van der Waals surface area (Å²) in [6.07, 6.45) is 4.72. The Labute approximate surface area is 157 Å². The van der Waals surface area contributed by atoms with Crippen LogP contribution in [0.15, 0.2) is 61.2 Å². The Morgan fingerprint density at radius 3 is 2.33 bits per heavy atom. The molecule has 0 aliphatic carbocycles. The second kappa shape index (κ2) is 9.67. The predicted molar refractivity (Wildman–Crippen MR) is 106 cm³/mol. The van der Waals surface area contributed by atoms with E-state index in [-0.39, 0.29) is 5.91 Å². The number of anilines is 2. The average Bonchev–Trinajstić information content (AvgIpc) is 2.66. The lowest BCUT2D eigenvalue weighted by Crippen LogP contribution is -2.19. The minimum Gasteiger partial charge on any atom is -0.493 e. The third-order valence-corrected chi connectivity index (χ3v) is 3.39. The number of hydrogen-bond donors (Lipinski definition) is 3. The van der Waals surface area contributed by atoms with E-state index in [0.717, 1.165) is 5.56 Å². The summed E-state index contributed by atoms with van der Waals surface area (Å²) in [5.41, 5.74) is 6.96. The summed E-state index contributed by atoms with van der Waals surface area (Å²) in [6, 6.07) is 11.3. The fourth-order valence-electron chi connectivity index (χ4n) is 2.19. The molecule has 0 aromatic heterocycles. The molecule has 0 fully saturated rings. The number of carbonyl (C=O) groups is 2. The smallest absolute Gasteiger partial charge is 0.316 e. The molecule has 7 heteroatoms. The van der Waals surface area contributed by atoms with Crippen LogP contribution < -0.4 is 25.8 Å². The number of primary amides is 1. The highest BCUT2D eigenvalue weighted by Crippen LogP contribution is 2.28. The molecular formula is C20H21N3O4. The Morgan fingerprint density at radius 1 is 1.07 bits per heavy atom. The van der Waals surface area contributed by atoms with Crippen molar-refractivity contribution < 1.29 is 19.1 Å². The Morgan fingerprint density at radius 2 is 1.74 bits per heavy atom. The SMILES string of the molecule is C=CCOc1ccc(/C=C/C(=O)Nc2ccc(NC(N)=O)cc2)cc1OC. The van der Waals surface area contributed by atoms with Crippen molar-refractivity contribution in [1.82, 2.24) is 0 Å². The van der Waals surface area contributed by atoms with Crippen molar-refractivity contribution in [2.45, 2.75) is 0 Å². The van der Waals surface area contributed by atoms with Crippen molar-refractivity contribution in [3.8, 4) is 11.5 Å². The fourth-order valence-corrected chi connectivity index (χ4v) is 2.19. The van der Waals surface area contributed by atoms with Gasteiger partial charge in [0.2, 0.25) is 5.91 Å². The van der Waals surface area contributed by atoms with Gasteiger partial charge in [0.1, 0.15) is 6.61 Å². The number of carbonyl (C=O) groups excluding carboxylic acids is 2. The molecule has 0 saturated heterocycles. The molecule has 0 spiro atoms. The van der Waals surface area contributed by atoms with Gasteiger partial charge in [0.25, 0.3) is 0 Å². The molecule has 2 aromatic rings. The summed E-state index contributed by atoms with van der Waals surface area (Å²) in [6.45, 7) is 3.98. The monoisotopic (exact) mass is 367 g/mol. The lowest BCUT2D eigenvalue weighted by Gasteiger charge is -2.09. The van der Waals surface area contributed by atoms with Crippen LogP contribution in [0, 0.1) is 0 Å². The van der Waals surface area contributed by atoms with Gasteiger partial charge in [-0.2, -0.15) is 0 Å². The lowest BCUT2D eigenvalue weighted by atomic mass is 10.2. The van der Waals surface area contributed by atoms with Gasteiger partial charge in [0.15, 0.2) is 11.5 Å². The third kappa shape index (κ3) is 6.24. The summed E-state index contributed by atoms with van der Waals surface area (Å²) in [4.78, 5) is 22.8. The van der Waals surface area contributed by atoms with E-state index in [0.29, 0.717) is 29.5 Å². The van der Waals surface area contributed by atoms with Crippen molar-refractivity contribution >= 4 is 29.4 Å². The van der Waals surface area contributed by atoms with E-state index in [4.69, 9.17) is 15.2 Å². The number of rotatable bonds is 8. The first kappa shape index (κ1) is 19.6. The lowest BCUT2D eigenvalue weighted by molar-refractivity contribution is -0.111. The summed E-state index contributed by atoms with van der Waals surface area (Å²) < 4.78 is 10.8. The molecule has 0 radical (unpaired) electrons. The molecule has 2 rings (SSSR count). The second-order valence-electron chi connectivity index (χ2n) is 5.40. The van der Waals surface area contributed by atoms with Gasteiger partial charge in [-0.25, -0.2) is 4.79 Å². The summed E-state index contributed by atoms with van der Waals surface area (Å²) in [5.74, 6) is 0.872. The topological polar surface area (TPSA) is 103 Å². The van der Waals surface area contributed by atoms with Crippen LogP contribution in [0.2, 0.25) is 0 Å². The zero-order valence-electron chi connectivity index (χ0n) is 14.9. The number of methoxy groups -OCH3 is 1. The normalized spacial score (nSPS) is 10.3. The number of amides is 3. The molecule has 140 valence electrons. The van der Waals surface area contributed by atoms with Crippen LogP contribution in [-0.4, -0.2) is 25.7 Å². The number of benzene rings is 2. The Kier molecular flexibility index (Phi) is 7.01. The number of nitrogens with two attached hydrogens (primary N) is 1. The van der Waals surface area contributed by atoms with E-state index in [1.165, 1.54) is 6.08 Å². The van der Waals surface area contributed by atoms with Gasteiger partial charge in [-0.3, -0.25) is 4.79 Å². The van der Waals surface area contributed by atoms with Crippen LogP contribution in [0.5, 0.6) is 11.5 Å². The van der Waals surface area contributed by atoms with Gasteiger partial charge < -0.3 is 25.8 Å². The summed E-state index contributed by atoms with van der Waals surface area (Å²) >= 11 is 0. The highest BCUT2D eigenvalue weighted by atomic mass is 16.5. The van der Waals surface area contributed by atoms with E-state index >= 15 is 0 Å². The quantitative estimate of drug-likeness (QED) is 0.491. The van der Waals surface area contributed by atoms with Crippen molar-refractivity contribution in [1.29, 1.82) is 0 Å². The maximum atomic E-state index is 12.1. The molecule has 2 aromatic carbocycles. The zero-order chi connectivity index (χ0) is 19.6. The van der Waals surface area contributed by atoms with E-state index in [1.807, 2.05) is 6.07 Å².